The summed E-state index contributed by atoms with van der Waals surface area (Å²) in [6, 6.07) is 14.3. The molecule has 0 saturated carbocycles. The zero-order valence-corrected chi connectivity index (χ0v) is 12.6. The van der Waals surface area contributed by atoms with Crippen LogP contribution in [-0.2, 0) is 6.42 Å². The van der Waals surface area contributed by atoms with Crippen molar-refractivity contribution >= 4 is 5.78 Å². The van der Waals surface area contributed by atoms with E-state index in [1.807, 2.05) is 18.2 Å². The number of ketones is 1. The van der Waals surface area contributed by atoms with Gasteiger partial charge >= 0.3 is 0 Å². The molecule has 0 aromatic heterocycles. The normalized spacial score (nSPS) is 18.0. The average Bonchev–Trinajstić information content (AvgIpc) is 3.14. The molecule has 110 valence electrons. The van der Waals surface area contributed by atoms with Crippen molar-refractivity contribution < 1.29 is 9.53 Å². The van der Waals surface area contributed by atoms with E-state index in [4.69, 9.17) is 4.74 Å². The van der Waals surface area contributed by atoms with Gasteiger partial charge in [0.25, 0.3) is 0 Å². The Morgan fingerprint density at radius 3 is 2.32 bits per heavy atom. The lowest BCUT2D eigenvalue weighted by molar-refractivity contribution is 0.0835. The highest BCUT2D eigenvalue weighted by Crippen LogP contribution is 2.46. The molecule has 0 fully saturated rings. The molecule has 0 N–H and O–H groups in total. The van der Waals surface area contributed by atoms with Crippen LogP contribution in [-0.4, -0.2) is 12.9 Å². The lowest BCUT2D eigenvalue weighted by atomic mass is 9.81. The summed E-state index contributed by atoms with van der Waals surface area (Å²) < 4.78 is 5.20. The van der Waals surface area contributed by atoms with Crippen molar-refractivity contribution in [2.45, 2.75) is 19.3 Å². The number of fused-ring (bicyclic) bond motifs is 1. The van der Waals surface area contributed by atoms with E-state index >= 15 is 0 Å². The molecule has 0 saturated heterocycles. The van der Waals surface area contributed by atoms with Crippen molar-refractivity contribution in [1.29, 1.82) is 0 Å². The predicted octanol–water partition coefficient (Wildman–Crippen LogP) is 4.44. The van der Waals surface area contributed by atoms with Crippen molar-refractivity contribution in [2.75, 3.05) is 7.11 Å². The number of allylic oxidation sites excluding steroid dienone is 2. The van der Waals surface area contributed by atoms with E-state index < -0.39 is 0 Å². The molecule has 0 atom stereocenters. The Morgan fingerprint density at radius 2 is 1.64 bits per heavy atom. The molecule has 0 radical (unpaired) electrons. The fraction of sp³-hybridized carbons (Fsp3) is 0.250. The number of benzene rings is 2. The second-order valence-corrected chi connectivity index (χ2v) is 6.27. The molecule has 0 aliphatic heterocycles. The summed E-state index contributed by atoms with van der Waals surface area (Å²) >= 11 is 0. The summed E-state index contributed by atoms with van der Waals surface area (Å²) in [6.07, 6.45) is 6.94. The van der Waals surface area contributed by atoms with Crippen LogP contribution in [0.4, 0.5) is 0 Å². The molecule has 4 rings (SSSR count). The van der Waals surface area contributed by atoms with Crippen LogP contribution < -0.4 is 4.74 Å². The highest BCUT2D eigenvalue weighted by atomic mass is 16.5. The van der Waals surface area contributed by atoms with Gasteiger partial charge in [0.15, 0.2) is 5.78 Å². The Hall–Kier alpha value is -2.35. The number of hydrogen-bond acceptors (Lipinski definition) is 2. The van der Waals surface area contributed by atoms with Crippen LogP contribution in [0.5, 0.6) is 5.75 Å². The SMILES string of the molecule is COc1ccc(-c2ccc3c(c2)CC2(CC=CC2)C3=O)cc1. The Labute approximate surface area is 130 Å². The molecule has 2 aliphatic carbocycles. The van der Waals surface area contributed by atoms with Crippen molar-refractivity contribution in [2.24, 2.45) is 5.41 Å². The number of methoxy groups -OCH3 is 1. The van der Waals surface area contributed by atoms with E-state index in [0.29, 0.717) is 5.78 Å². The summed E-state index contributed by atoms with van der Waals surface area (Å²) in [6.45, 7) is 0. The summed E-state index contributed by atoms with van der Waals surface area (Å²) in [5, 5.41) is 0. The first-order valence-electron chi connectivity index (χ1n) is 7.69. The molecular weight excluding hydrogens is 272 g/mol. The van der Waals surface area contributed by atoms with Crippen LogP contribution in [0.3, 0.4) is 0 Å². The van der Waals surface area contributed by atoms with Gasteiger partial charge in [0.2, 0.25) is 0 Å². The lowest BCUT2D eigenvalue weighted by Crippen LogP contribution is -2.24. The van der Waals surface area contributed by atoms with Crippen LogP contribution in [0.1, 0.15) is 28.8 Å². The summed E-state index contributed by atoms with van der Waals surface area (Å²) in [5.41, 5.74) is 4.25. The van der Waals surface area contributed by atoms with Crippen LogP contribution in [0, 0.1) is 5.41 Å². The number of Topliss-reactive ketones (excluding diaryl/α,β-unsaturated/α-hetero) is 1. The zero-order chi connectivity index (χ0) is 15.2. The van der Waals surface area contributed by atoms with Crippen molar-refractivity contribution in [3.05, 3.63) is 65.7 Å². The van der Waals surface area contributed by atoms with E-state index in [1.54, 1.807) is 7.11 Å². The maximum absolute atomic E-state index is 12.7. The third-order valence-electron chi connectivity index (χ3n) is 4.97. The molecule has 2 nitrogen and oxygen atoms in total. The Kier molecular flexibility index (Phi) is 2.93. The molecule has 0 amide bonds. The highest BCUT2D eigenvalue weighted by Gasteiger charge is 2.45. The van der Waals surface area contributed by atoms with Crippen molar-refractivity contribution in [3.8, 4) is 16.9 Å². The molecule has 2 aromatic rings. The van der Waals surface area contributed by atoms with Gasteiger partial charge in [-0.15, -0.1) is 0 Å². The van der Waals surface area contributed by atoms with Gasteiger partial charge in [-0.1, -0.05) is 42.5 Å². The Balaban J connectivity index is 1.70. The van der Waals surface area contributed by atoms with Gasteiger partial charge in [-0.25, -0.2) is 0 Å². The van der Waals surface area contributed by atoms with E-state index in [1.165, 1.54) is 5.56 Å². The van der Waals surface area contributed by atoms with Crippen molar-refractivity contribution in [3.63, 3.8) is 0 Å². The maximum atomic E-state index is 12.7. The topological polar surface area (TPSA) is 26.3 Å². The Bertz CT molecular complexity index is 761. The van der Waals surface area contributed by atoms with Gasteiger partial charge in [-0.05, 0) is 48.1 Å². The van der Waals surface area contributed by atoms with E-state index in [-0.39, 0.29) is 5.41 Å². The summed E-state index contributed by atoms with van der Waals surface area (Å²) in [7, 11) is 1.67. The van der Waals surface area contributed by atoms with E-state index in [0.717, 1.165) is 41.7 Å². The molecular formula is C20H18O2. The third kappa shape index (κ3) is 1.91. The number of ether oxygens (including phenoxy) is 1. The molecule has 22 heavy (non-hydrogen) atoms. The van der Waals surface area contributed by atoms with Gasteiger partial charge in [0.05, 0.1) is 7.11 Å². The zero-order valence-electron chi connectivity index (χ0n) is 12.6. The molecule has 2 heteroatoms. The molecule has 0 bridgehead atoms. The molecule has 0 heterocycles. The molecule has 2 aromatic carbocycles. The summed E-state index contributed by atoms with van der Waals surface area (Å²) in [5.74, 6) is 1.19. The number of carbonyl (C=O) groups is 1. The fourth-order valence-electron chi connectivity index (χ4n) is 3.69. The first-order valence-corrected chi connectivity index (χ1v) is 7.69. The quantitative estimate of drug-likeness (QED) is 0.764. The smallest absolute Gasteiger partial charge is 0.170 e. The fourth-order valence-corrected chi connectivity index (χ4v) is 3.69. The predicted molar refractivity (Wildman–Crippen MR) is 87.3 cm³/mol. The van der Waals surface area contributed by atoms with Gasteiger partial charge in [0.1, 0.15) is 5.75 Å². The molecule has 1 spiro atoms. The van der Waals surface area contributed by atoms with Gasteiger partial charge in [-0.2, -0.15) is 0 Å². The van der Waals surface area contributed by atoms with Crippen LogP contribution in [0.15, 0.2) is 54.6 Å². The first kappa shape index (κ1) is 13.3. The average molecular weight is 290 g/mol. The third-order valence-corrected chi connectivity index (χ3v) is 4.97. The number of rotatable bonds is 2. The molecule has 0 unspecified atom stereocenters. The second kappa shape index (κ2) is 4.84. The maximum Gasteiger partial charge on any atom is 0.170 e. The minimum atomic E-state index is -0.180. The molecule has 2 aliphatic rings. The van der Waals surface area contributed by atoms with Crippen molar-refractivity contribution in [1.82, 2.24) is 0 Å². The van der Waals surface area contributed by atoms with Gasteiger partial charge in [-0.3, -0.25) is 4.79 Å². The van der Waals surface area contributed by atoms with E-state index in [9.17, 15) is 4.79 Å². The van der Waals surface area contributed by atoms with Crippen LogP contribution in [0.2, 0.25) is 0 Å². The minimum Gasteiger partial charge on any atom is -0.497 e. The van der Waals surface area contributed by atoms with Crippen LogP contribution >= 0.6 is 0 Å². The Morgan fingerprint density at radius 1 is 0.955 bits per heavy atom. The largest absolute Gasteiger partial charge is 0.497 e. The van der Waals surface area contributed by atoms with Crippen LogP contribution in [0.25, 0.3) is 11.1 Å². The number of hydrogen-bond donors (Lipinski definition) is 0. The monoisotopic (exact) mass is 290 g/mol. The minimum absolute atomic E-state index is 0.180. The standard InChI is InChI=1S/C20H18O2/c1-22-17-7-4-14(5-8-17)15-6-9-18-16(12-15)13-20(19(18)21)10-2-3-11-20/h2-9,12H,10-11,13H2,1H3. The number of carbonyl (C=O) groups excluding carboxylic acids is 1. The highest BCUT2D eigenvalue weighted by molar-refractivity contribution is 6.05. The summed E-state index contributed by atoms with van der Waals surface area (Å²) in [4.78, 5) is 12.7. The second-order valence-electron chi connectivity index (χ2n) is 6.27. The lowest BCUT2D eigenvalue weighted by Gasteiger charge is -2.19. The van der Waals surface area contributed by atoms with E-state index in [2.05, 4.69) is 36.4 Å². The van der Waals surface area contributed by atoms with Gasteiger partial charge < -0.3 is 4.74 Å². The first-order chi connectivity index (χ1) is 10.7. The van der Waals surface area contributed by atoms with Gasteiger partial charge in [0, 0.05) is 11.0 Å².